The Morgan fingerprint density at radius 1 is 1.04 bits per heavy atom. The van der Waals surface area contributed by atoms with E-state index in [0.717, 1.165) is 41.6 Å². The number of carbonyl (C=O) groups excluding carboxylic acids is 2. The molecule has 1 atom stereocenters. The summed E-state index contributed by atoms with van der Waals surface area (Å²) in [6.45, 7) is 6.52. The molecule has 1 aromatic carbocycles. The molecule has 262 valence electrons. The van der Waals surface area contributed by atoms with Gasteiger partial charge in [0.05, 0.1) is 29.2 Å². The summed E-state index contributed by atoms with van der Waals surface area (Å²) in [6.07, 6.45) is 6.34. The van der Waals surface area contributed by atoms with E-state index in [1.165, 1.54) is 0 Å². The minimum absolute atomic E-state index is 0.0760. The molecule has 2 fully saturated rings. The highest BCUT2D eigenvalue weighted by atomic mass is 35.5. The van der Waals surface area contributed by atoms with Gasteiger partial charge in [0, 0.05) is 92.8 Å². The molecule has 3 aromatic heterocycles. The van der Waals surface area contributed by atoms with E-state index in [1.807, 2.05) is 42.2 Å². The van der Waals surface area contributed by atoms with Crippen LogP contribution in [0.3, 0.4) is 0 Å². The van der Waals surface area contributed by atoms with E-state index < -0.39 is 5.82 Å². The standard InChI is InChI=1S/C37H42ClFN8O3/c1-22-28(30-9-7-25(37(46-30)50-3)19-40-21-27-8-10-32(49)44-27)12-16-41-35(22)29-5-4-6-31(33(29)38)45-36-34(39)24(11-15-42-36)20-43-26-13-17-47(18-14-26)23(2)48/h4-7,9,11-12,15-16,26-27,40,43H,8,10,13-14,17-21H2,1-3H3,(H,42,45)(H,44,49)/t27-/m0/s1. The summed E-state index contributed by atoms with van der Waals surface area (Å²) >= 11 is 6.97. The molecule has 2 aliphatic rings. The summed E-state index contributed by atoms with van der Waals surface area (Å²) in [5.41, 5.74) is 5.71. The molecule has 0 bridgehead atoms. The van der Waals surface area contributed by atoms with Crippen molar-refractivity contribution in [3.63, 3.8) is 0 Å². The van der Waals surface area contributed by atoms with Crippen LogP contribution in [0.1, 0.15) is 49.3 Å². The number of amides is 2. The lowest BCUT2D eigenvalue weighted by molar-refractivity contribution is -0.130. The molecule has 6 rings (SSSR count). The second-order valence-corrected chi connectivity index (χ2v) is 13.1. The van der Waals surface area contributed by atoms with Crippen molar-refractivity contribution in [2.45, 2.75) is 64.7 Å². The molecule has 11 nitrogen and oxygen atoms in total. The van der Waals surface area contributed by atoms with Crippen LogP contribution in [-0.2, 0) is 22.7 Å². The molecular weight excluding hydrogens is 659 g/mol. The number of ether oxygens (including phenoxy) is 1. The van der Waals surface area contributed by atoms with Crippen molar-refractivity contribution in [3.8, 4) is 28.4 Å². The number of methoxy groups -OCH3 is 1. The number of likely N-dealkylation sites (tertiary alicyclic amines) is 1. The van der Waals surface area contributed by atoms with Gasteiger partial charge in [-0.1, -0.05) is 29.8 Å². The third-order valence-corrected chi connectivity index (χ3v) is 9.81. The zero-order valence-electron chi connectivity index (χ0n) is 28.5. The summed E-state index contributed by atoms with van der Waals surface area (Å²) in [5, 5.41) is 13.3. The number of hydrogen-bond donors (Lipinski definition) is 4. The average Bonchev–Trinajstić information content (AvgIpc) is 3.54. The minimum atomic E-state index is -0.456. The zero-order valence-corrected chi connectivity index (χ0v) is 29.2. The van der Waals surface area contributed by atoms with Gasteiger partial charge in [-0.25, -0.2) is 14.4 Å². The Hall–Kier alpha value is -4.65. The fourth-order valence-electron chi connectivity index (χ4n) is 6.53. The summed E-state index contributed by atoms with van der Waals surface area (Å²) in [6, 6.07) is 13.3. The maximum atomic E-state index is 15.7. The van der Waals surface area contributed by atoms with E-state index in [-0.39, 0.29) is 29.7 Å². The van der Waals surface area contributed by atoms with Crippen LogP contribution in [0.5, 0.6) is 5.88 Å². The topological polar surface area (TPSA) is 133 Å². The molecule has 2 aliphatic heterocycles. The molecule has 2 amide bonds. The van der Waals surface area contributed by atoms with Gasteiger partial charge in [-0.15, -0.1) is 0 Å². The van der Waals surface area contributed by atoms with Gasteiger partial charge >= 0.3 is 0 Å². The normalized spacial score (nSPS) is 16.4. The second kappa shape index (κ2) is 15.9. The third kappa shape index (κ3) is 8.04. The molecule has 0 aliphatic carbocycles. The van der Waals surface area contributed by atoms with Gasteiger partial charge in [0.25, 0.3) is 0 Å². The molecule has 0 saturated carbocycles. The van der Waals surface area contributed by atoms with Gasteiger partial charge in [0.2, 0.25) is 17.7 Å². The number of rotatable bonds is 12. The number of nitrogens with one attached hydrogen (secondary N) is 4. The monoisotopic (exact) mass is 700 g/mol. The van der Waals surface area contributed by atoms with E-state index in [1.54, 1.807) is 38.6 Å². The van der Waals surface area contributed by atoms with E-state index in [0.29, 0.717) is 72.6 Å². The number of carbonyl (C=O) groups is 2. The largest absolute Gasteiger partial charge is 0.481 e. The van der Waals surface area contributed by atoms with E-state index >= 15 is 4.39 Å². The van der Waals surface area contributed by atoms with Crippen LogP contribution in [-0.4, -0.2) is 70.5 Å². The Balaban J connectivity index is 1.16. The van der Waals surface area contributed by atoms with Crippen LogP contribution in [0.2, 0.25) is 5.02 Å². The number of anilines is 2. The number of hydrogen-bond acceptors (Lipinski definition) is 9. The predicted molar refractivity (Wildman–Crippen MR) is 192 cm³/mol. The average molecular weight is 701 g/mol. The summed E-state index contributed by atoms with van der Waals surface area (Å²) in [4.78, 5) is 38.7. The maximum absolute atomic E-state index is 15.7. The molecule has 50 heavy (non-hydrogen) atoms. The van der Waals surface area contributed by atoms with Gasteiger partial charge in [-0.2, -0.15) is 0 Å². The Morgan fingerprint density at radius 3 is 2.58 bits per heavy atom. The Morgan fingerprint density at radius 2 is 1.84 bits per heavy atom. The lowest BCUT2D eigenvalue weighted by Gasteiger charge is -2.31. The summed E-state index contributed by atoms with van der Waals surface area (Å²) in [5.74, 6) is 0.311. The van der Waals surface area contributed by atoms with E-state index in [9.17, 15) is 9.59 Å². The number of nitrogens with zero attached hydrogens (tertiary/aromatic N) is 4. The number of piperidine rings is 1. The molecule has 5 heterocycles. The van der Waals surface area contributed by atoms with Crippen LogP contribution in [0.4, 0.5) is 15.9 Å². The molecule has 4 aromatic rings. The van der Waals surface area contributed by atoms with Crippen molar-refractivity contribution in [3.05, 3.63) is 82.4 Å². The Bertz CT molecular complexity index is 1870. The van der Waals surface area contributed by atoms with Crippen molar-refractivity contribution < 1.29 is 18.7 Å². The second-order valence-electron chi connectivity index (χ2n) is 12.7. The van der Waals surface area contributed by atoms with Crippen molar-refractivity contribution in [2.24, 2.45) is 0 Å². The highest BCUT2D eigenvalue weighted by molar-refractivity contribution is 6.36. The molecule has 0 spiro atoms. The maximum Gasteiger partial charge on any atom is 0.220 e. The minimum Gasteiger partial charge on any atom is -0.481 e. The van der Waals surface area contributed by atoms with Crippen molar-refractivity contribution in [1.82, 2.24) is 35.8 Å². The first-order valence-electron chi connectivity index (χ1n) is 16.9. The Kier molecular flexibility index (Phi) is 11.2. The van der Waals surface area contributed by atoms with Gasteiger partial charge < -0.3 is 30.9 Å². The molecule has 0 radical (unpaired) electrons. The number of benzene rings is 1. The fourth-order valence-corrected chi connectivity index (χ4v) is 6.79. The number of aromatic nitrogens is 3. The van der Waals surface area contributed by atoms with Crippen LogP contribution >= 0.6 is 11.6 Å². The first-order chi connectivity index (χ1) is 24.2. The van der Waals surface area contributed by atoms with E-state index in [2.05, 4.69) is 31.2 Å². The van der Waals surface area contributed by atoms with Gasteiger partial charge in [-0.05, 0) is 56.0 Å². The molecular formula is C37H42ClFN8O3. The van der Waals surface area contributed by atoms with Crippen molar-refractivity contribution >= 4 is 34.9 Å². The fraction of sp³-hybridized carbons (Fsp3) is 0.378. The van der Waals surface area contributed by atoms with Crippen molar-refractivity contribution in [1.29, 1.82) is 0 Å². The SMILES string of the molecule is COc1nc(-c2ccnc(-c3cccc(Nc4nccc(CNC5CCN(C(C)=O)CC5)c4F)c3Cl)c2C)ccc1CNC[C@@H]1CCC(=O)N1. The molecule has 4 N–H and O–H groups in total. The summed E-state index contributed by atoms with van der Waals surface area (Å²) < 4.78 is 21.3. The van der Waals surface area contributed by atoms with Gasteiger partial charge in [0.15, 0.2) is 11.6 Å². The lowest BCUT2D eigenvalue weighted by atomic mass is 9.99. The lowest BCUT2D eigenvalue weighted by Crippen LogP contribution is -2.44. The van der Waals surface area contributed by atoms with Crippen molar-refractivity contribution in [2.75, 3.05) is 32.1 Å². The van der Waals surface area contributed by atoms with Gasteiger partial charge in [0.1, 0.15) is 0 Å². The molecule has 2 saturated heterocycles. The van der Waals surface area contributed by atoms with Crippen LogP contribution in [0, 0.1) is 12.7 Å². The third-order valence-electron chi connectivity index (χ3n) is 9.40. The first kappa shape index (κ1) is 35.2. The number of halogens is 2. The Labute approximate surface area is 296 Å². The van der Waals surface area contributed by atoms with Crippen LogP contribution in [0.25, 0.3) is 22.5 Å². The quantitative estimate of drug-likeness (QED) is 0.151. The zero-order chi connectivity index (χ0) is 35.2. The smallest absolute Gasteiger partial charge is 0.220 e. The predicted octanol–water partition coefficient (Wildman–Crippen LogP) is 5.53. The summed E-state index contributed by atoms with van der Waals surface area (Å²) in [7, 11) is 1.60. The van der Waals surface area contributed by atoms with Crippen LogP contribution in [0.15, 0.2) is 54.9 Å². The van der Waals surface area contributed by atoms with E-state index in [4.69, 9.17) is 21.3 Å². The van der Waals surface area contributed by atoms with Crippen LogP contribution < -0.4 is 26.0 Å². The van der Waals surface area contributed by atoms with Gasteiger partial charge in [-0.3, -0.25) is 14.6 Å². The molecule has 0 unspecified atom stereocenters. The highest BCUT2D eigenvalue weighted by Gasteiger charge is 2.23. The highest BCUT2D eigenvalue weighted by Crippen LogP contribution is 2.38. The molecule has 13 heteroatoms. The first-order valence-corrected chi connectivity index (χ1v) is 17.3. The number of pyridine rings is 3.